The van der Waals surface area contributed by atoms with E-state index in [4.69, 9.17) is 9.47 Å². The van der Waals surface area contributed by atoms with Crippen LogP contribution in [-0.4, -0.2) is 77.5 Å². The fraction of sp³-hybridized carbons (Fsp3) is 0.400. The minimum atomic E-state index is -1.15. The predicted octanol–water partition coefficient (Wildman–Crippen LogP) is 2.92. The second kappa shape index (κ2) is 12.7. The molecule has 5 rings (SSSR count). The fourth-order valence-corrected chi connectivity index (χ4v) is 4.65. The lowest BCUT2D eigenvalue weighted by atomic mass is 10.00. The molecule has 2 aliphatic heterocycles. The van der Waals surface area contributed by atoms with Gasteiger partial charge in [0.1, 0.15) is 11.9 Å². The minimum absolute atomic E-state index is 0. The van der Waals surface area contributed by atoms with Crippen molar-refractivity contribution in [2.45, 2.75) is 30.8 Å². The molecule has 4 atom stereocenters. The molecule has 2 aromatic heterocycles. The van der Waals surface area contributed by atoms with Gasteiger partial charge in [0.2, 0.25) is 0 Å². The number of nitrogens with one attached hydrogen (secondary N) is 2. The van der Waals surface area contributed by atoms with E-state index < -0.39 is 24.4 Å². The van der Waals surface area contributed by atoms with Gasteiger partial charge in [-0.3, -0.25) is 14.7 Å². The summed E-state index contributed by atoms with van der Waals surface area (Å²) in [5.41, 5.74) is 1.50. The molecule has 37 heavy (non-hydrogen) atoms. The summed E-state index contributed by atoms with van der Waals surface area (Å²) in [7, 11) is 1.59. The first-order valence-corrected chi connectivity index (χ1v) is 11.6. The SMILES string of the molecule is COc1ccc2nccc([C@@H](O)CN3CC[C@H](NCC4Oc5cccnc5NC4=O)[C@H](F)C3)c2c1.Cl.Cl. The number of β-amino-alcohol motifs (C(OH)–C–C–N with tert-alkyl or cyclic N) is 1. The number of aliphatic hydroxyl groups excluding tert-OH is 1. The third-order valence-corrected chi connectivity index (χ3v) is 6.54. The molecular formula is C25H30Cl2FN5O4. The Labute approximate surface area is 226 Å². The molecule has 3 N–H and O–H groups in total. The Bertz CT molecular complexity index is 1220. The molecule has 12 heteroatoms. The summed E-state index contributed by atoms with van der Waals surface area (Å²) < 4.78 is 26.1. The van der Waals surface area contributed by atoms with Crippen molar-refractivity contribution in [3.8, 4) is 11.5 Å². The van der Waals surface area contributed by atoms with Crippen molar-refractivity contribution in [2.75, 3.05) is 38.6 Å². The third kappa shape index (κ3) is 6.39. The molecule has 1 fully saturated rings. The summed E-state index contributed by atoms with van der Waals surface area (Å²) in [6, 6.07) is 10.4. The third-order valence-electron chi connectivity index (χ3n) is 6.54. The zero-order valence-electron chi connectivity index (χ0n) is 20.2. The maximum Gasteiger partial charge on any atom is 0.268 e. The molecule has 2 aliphatic rings. The van der Waals surface area contributed by atoms with Crippen LogP contribution in [0, 0.1) is 0 Å². The number of carbonyl (C=O) groups is 1. The highest BCUT2D eigenvalue weighted by Gasteiger charge is 2.33. The summed E-state index contributed by atoms with van der Waals surface area (Å²) in [5.74, 6) is 1.27. The number of alkyl halides is 1. The molecular weight excluding hydrogens is 524 g/mol. The number of pyridine rings is 2. The fourth-order valence-electron chi connectivity index (χ4n) is 4.65. The van der Waals surface area contributed by atoms with Gasteiger partial charge in [-0.1, -0.05) is 0 Å². The second-order valence-corrected chi connectivity index (χ2v) is 8.82. The highest BCUT2D eigenvalue weighted by atomic mass is 35.5. The molecule has 1 saturated heterocycles. The van der Waals surface area contributed by atoms with Crippen LogP contribution in [0.1, 0.15) is 18.1 Å². The van der Waals surface area contributed by atoms with E-state index in [9.17, 15) is 9.90 Å². The van der Waals surface area contributed by atoms with Crippen LogP contribution in [0.2, 0.25) is 0 Å². The van der Waals surface area contributed by atoms with Crippen molar-refractivity contribution in [3.05, 3.63) is 54.4 Å². The van der Waals surface area contributed by atoms with Crippen molar-refractivity contribution >= 4 is 47.4 Å². The average molecular weight is 554 g/mol. The van der Waals surface area contributed by atoms with Crippen molar-refractivity contribution in [2.24, 2.45) is 0 Å². The van der Waals surface area contributed by atoms with Crippen molar-refractivity contribution in [3.63, 3.8) is 0 Å². The quantitative estimate of drug-likeness (QED) is 0.409. The number of anilines is 1. The number of benzene rings is 1. The van der Waals surface area contributed by atoms with Gasteiger partial charge in [0, 0.05) is 43.5 Å². The van der Waals surface area contributed by atoms with Gasteiger partial charge in [-0.25, -0.2) is 9.37 Å². The molecule has 4 heterocycles. The first kappa shape index (κ1) is 28.8. The van der Waals surface area contributed by atoms with Crippen molar-refractivity contribution in [1.29, 1.82) is 0 Å². The number of amides is 1. The Balaban J connectivity index is 0.00000190. The molecule has 0 spiro atoms. The van der Waals surface area contributed by atoms with E-state index in [1.807, 2.05) is 23.1 Å². The minimum Gasteiger partial charge on any atom is -0.497 e. The highest BCUT2D eigenvalue weighted by molar-refractivity contribution is 5.96. The van der Waals surface area contributed by atoms with E-state index in [2.05, 4.69) is 20.6 Å². The summed E-state index contributed by atoms with van der Waals surface area (Å²) in [6.07, 6.45) is 1.09. The number of nitrogens with zero attached hydrogens (tertiary/aromatic N) is 3. The lowest BCUT2D eigenvalue weighted by Gasteiger charge is -2.37. The Kier molecular flexibility index (Phi) is 9.86. The lowest BCUT2D eigenvalue weighted by Crippen LogP contribution is -2.54. The molecule has 9 nitrogen and oxygen atoms in total. The average Bonchev–Trinajstić information content (AvgIpc) is 2.87. The summed E-state index contributed by atoms with van der Waals surface area (Å²) in [4.78, 5) is 22.6. The van der Waals surface area contributed by atoms with Gasteiger partial charge in [0.25, 0.3) is 5.91 Å². The number of methoxy groups -OCH3 is 1. The number of hydrogen-bond acceptors (Lipinski definition) is 8. The van der Waals surface area contributed by atoms with Gasteiger partial charge < -0.3 is 25.2 Å². The standard InChI is InChI=1S/C25H28FN5O4.2ClH/c1-34-15-4-5-19-17(11-15)16(6-9-27-19)21(32)14-31-10-7-20(18(26)13-31)29-12-23-25(33)30-24-22(35-23)3-2-8-28-24;;/h2-6,8-9,11,18,20-21,23,29,32H,7,10,12-14H2,1H3,(H,28,30,33);2*1H/t18-,20+,21+,23?;;/m1../s1. The Hall–Kier alpha value is -2.76. The van der Waals surface area contributed by atoms with Gasteiger partial charge in [0.05, 0.1) is 18.7 Å². The van der Waals surface area contributed by atoms with E-state index in [-0.39, 0.29) is 43.8 Å². The van der Waals surface area contributed by atoms with Crippen LogP contribution in [0.25, 0.3) is 10.9 Å². The van der Waals surface area contributed by atoms with Gasteiger partial charge in [0.15, 0.2) is 17.7 Å². The molecule has 1 aromatic carbocycles. The van der Waals surface area contributed by atoms with Crippen LogP contribution in [0.5, 0.6) is 11.5 Å². The number of carbonyl (C=O) groups excluding carboxylic acids is 1. The molecule has 1 unspecified atom stereocenters. The lowest BCUT2D eigenvalue weighted by molar-refractivity contribution is -0.123. The van der Waals surface area contributed by atoms with E-state index in [1.54, 1.807) is 37.7 Å². The van der Waals surface area contributed by atoms with Gasteiger partial charge in [-0.05, 0) is 54.9 Å². The number of piperidine rings is 1. The zero-order chi connectivity index (χ0) is 24.4. The van der Waals surface area contributed by atoms with Gasteiger partial charge in [-0.2, -0.15) is 0 Å². The van der Waals surface area contributed by atoms with Crippen molar-refractivity contribution in [1.82, 2.24) is 20.2 Å². The predicted molar refractivity (Wildman–Crippen MR) is 143 cm³/mol. The summed E-state index contributed by atoms with van der Waals surface area (Å²) >= 11 is 0. The normalized spacial score (nSPS) is 22.0. The number of halogens is 3. The number of hydrogen-bond donors (Lipinski definition) is 3. The topological polar surface area (TPSA) is 109 Å². The molecule has 0 radical (unpaired) electrons. The number of fused-ring (bicyclic) bond motifs is 2. The van der Waals surface area contributed by atoms with Crippen LogP contribution in [0.15, 0.2) is 48.8 Å². The number of ether oxygens (including phenoxy) is 2. The van der Waals surface area contributed by atoms with E-state index in [1.165, 1.54) is 0 Å². The second-order valence-electron chi connectivity index (χ2n) is 8.82. The van der Waals surface area contributed by atoms with Gasteiger partial charge >= 0.3 is 0 Å². The zero-order valence-corrected chi connectivity index (χ0v) is 21.8. The van der Waals surface area contributed by atoms with Crippen LogP contribution in [-0.2, 0) is 4.79 Å². The molecule has 0 saturated carbocycles. The highest BCUT2D eigenvalue weighted by Crippen LogP contribution is 2.29. The van der Waals surface area contributed by atoms with Crippen LogP contribution in [0.4, 0.5) is 10.2 Å². The Morgan fingerprint density at radius 1 is 1.27 bits per heavy atom. The van der Waals surface area contributed by atoms with E-state index >= 15 is 4.39 Å². The monoisotopic (exact) mass is 553 g/mol. The number of rotatable bonds is 7. The molecule has 200 valence electrons. The number of aromatic nitrogens is 2. The maximum atomic E-state index is 15.0. The summed E-state index contributed by atoms with van der Waals surface area (Å²) in [6.45, 7) is 1.30. The van der Waals surface area contributed by atoms with Crippen molar-refractivity contribution < 1.29 is 23.8 Å². The van der Waals surface area contributed by atoms with Crippen LogP contribution in [0.3, 0.4) is 0 Å². The largest absolute Gasteiger partial charge is 0.497 e. The van der Waals surface area contributed by atoms with Gasteiger partial charge in [-0.15, -0.1) is 24.8 Å². The van der Waals surface area contributed by atoms with Crippen LogP contribution >= 0.6 is 24.8 Å². The molecule has 0 bridgehead atoms. The van der Waals surface area contributed by atoms with Crippen LogP contribution < -0.4 is 20.1 Å². The summed E-state index contributed by atoms with van der Waals surface area (Å²) in [5, 5.41) is 17.6. The molecule has 0 aliphatic carbocycles. The smallest absolute Gasteiger partial charge is 0.268 e. The molecule has 1 amide bonds. The Morgan fingerprint density at radius 2 is 2.11 bits per heavy atom. The van der Waals surface area contributed by atoms with E-state index in [0.717, 1.165) is 16.5 Å². The van der Waals surface area contributed by atoms with E-state index in [0.29, 0.717) is 36.8 Å². The first-order chi connectivity index (χ1) is 17.0. The first-order valence-electron chi connectivity index (χ1n) is 11.6. The number of aliphatic hydroxyl groups is 1. The Morgan fingerprint density at radius 3 is 2.89 bits per heavy atom. The number of likely N-dealkylation sites (tertiary alicyclic amines) is 1. The molecule has 3 aromatic rings. The maximum absolute atomic E-state index is 15.0.